The third kappa shape index (κ3) is 4.90. The first-order valence-electron chi connectivity index (χ1n) is 6.11. The molecule has 1 rings (SSSR count). The summed E-state index contributed by atoms with van der Waals surface area (Å²) in [7, 11) is -0.0993. The van der Waals surface area contributed by atoms with Crippen molar-refractivity contribution in [3.63, 3.8) is 0 Å². The van der Waals surface area contributed by atoms with E-state index in [4.69, 9.17) is 9.47 Å². The average molecular weight is 303 g/mol. The topological polar surface area (TPSA) is 84.9 Å². The molecule has 1 aromatic rings. The number of benzene rings is 1. The van der Waals surface area contributed by atoms with Crippen LogP contribution in [0.15, 0.2) is 12.1 Å². The molecule has 6 nitrogen and oxygen atoms in total. The summed E-state index contributed by atoms with van der Waals surface area (Å²) in [6, 6.07) is 3.19. The van der Waals surface area contributed by atoms with E-state index in [2.05, 4.69) is 5.32 Å². The molecule has 2 N–H and O–H groups in total. The van der Waals surface area contributed by atoms with Crippen molar-refractivity contribution in [1.29, 1.82) is 0 Å². The van der Waals surface area contributed by atoms with E-state index >= 15 is 0 Å². The second kappa shape index (κ2) is 6.81. The molecule has 1 atom stereocenters. The Kier molecular flexibility index (Phi) is 5.64. The Balaban J connectivity index is 2.78. The van der Waals surface area contributed by atoms with E-state index in [1.54, 1.807) is 19.1 Å². The number of hydrogen-bond acceptors (Lipinski definition) is 6. The summed E-state index contributed by atoms with van der Waals surface area (Å²) >= 11 is 0. The number of sulfone groups is 1. The van der Waals surface area contributed by atoms with Crippen molar-refractivity contribution in [2.24, 2.45) is 0 Å². The van der Waals surface area contributed by atoms with Crippen LogP contribution in [0.4, 0.5) is 0 Å². The SMILES string of the molecule is COc1cc(CNC(C)CS(C)(=O)=O)cc(OC)c1O. The molecule has 0 radical (unpaired) electrons. The van der Waals surface area contributed by atoms with Crippen molar-refractivity contribution in [2.75, 3.05) is 26.2 Å². The van der Waals surface area contributed by atoms with Crippen LogP contribution in [0.3, 0.4) is 0 Å². The predicted octanol–water partition coefficient (Wildman–Crippen LogP) is 0.932. The van der Waals surface area contributed by atoms with Crippen molar-refractivity contribution in [3.05, 3.63) is 17.7 Å². The highest BCUT2D eigenvalue weighted by atomic mass is 32.2. The van der Waals surface area contributed by atoms with Gasteiger partial charge in [0, 0.05) is 18.8 Å². The maximum Gasteiger partial charge on any atom is 0.200 e. The lowest BCUT2D eigenvalue weighted by Gasteiger charge is -2.15. The number of aromatic hydroxyl groups is 1. The zero-order valence-electron chi connectivity index (χ0n) is 12.1. The van der Waals surface area contributed by atoms with Gasteiger partial charge in [0.25, 0.3) is 0 Å². The van der Waals surface area contributed by atoms with Crippen LogP contribution in [0.1, 0.15) is 12.5 Å². The Bertz CT molecular complexity index is 531. The van der Waals surface area contributed by atoms with Gasteiger partial charge in [0.15, 0.2) is 11.5 Å². The van der Waals surface area contributed by atoms with Gasteiger partial charge in [0.05, 0.1) is 20.0 Å². The van der Waals surface area contributed by atoms with Crippen molar-refractivity contribution < 1.29 is 23.0 Å². The van der Waals surface area contributed by atoms with E-state index in [0.29, 0.717) is 18.0 Å². The molecule has 0 aliphatic carbocycles. The highest BCUT2D eigenvalue weighted by Gasteiger charge is 2.13. The van der Waals surface area contributed by atoms with Crippen LogP contribution in [0.25, 0.3) is 0 Å². The third-order valence-electron chi connectivity index (χ3n) is 2.75. The standard InChI is InChI=1S/C13H21NO5S/c1-9(8-20(4,16)17)14-7-10-5-11(18-2)13(15)12(6-10)19-3/h5-6,9,14-15H,7-8H2,1-4H3. The molecule has 1 aromatic carbocycles. The van der Waals surface area contributed by atoms with Gasteiger partial charge in [-0.1, -0.05) is 0 Å². The summed E-state index contributed by atoms with van der Waals surface area (Å²) in [5.74, 6) is 0.649. The fourth-order valence-corrected chi connectivity index (χ4v) is 2.88. The van der Waals surface area contributed by atoms with E-state index in [1.807, 2.05) is 0 Å². The fourth-order valence-electron chi connectivity index (χ4n) is 1.85. The molecular formula is C13H21NO5S. The van der Waals surface area contributed by atoms with Crippen LogP contribution in [-0.4, -0.2) is 45.8 Å². The summed E-state index contributed by atoms with van der Waals surface area (Å²) < 4.78 is 32.5. The van der Waals surface area contributed by atoms with E-state index in [9.17, 15) is 13.5 Å². The summed E-state index contributed by atoms with van der Waals surface area (Å²) in [6.07, 6.45) is 1.21. The molecule has 1 unspecified atom stereocenters. The number of hydrogen-bond donors (Lipinski definition) is 2. The molecular weight excluding hydrogens is 282 g/mol. The van der Waals surface area contributed by atoms with E-state index in [0.717, 1.165) is 5.56 Å². The summed E-state index contributed by atoms with van der Waals surface area (Å²) in [6.45, 7) is 2.25. The third-order valence-corrected chi connectivity index (χ3v) is 3.85. The van der Waals surface area contributed by atoms with E-state index < -0.39 is 9.84 Å². The molecule has 7 heteroatoms. The van der Waals surface area contributed by atoms with Crippen LogP contribution in [0.2, 0.25) is 0 Å². The Morgan fingerprint density at radius 1 is 1.25 bits per heavy atom. The minimum Gasteiger partial charge on any atom is -0.502 e. The number of phenols is 1. The largest absolute Gasteiger partial charge is 0.502 e. The zero-order chi connectivity index (χ0) is 15.3. The van der Waals surface area contributed by atoms with Crippen LogP contribution >= 0.6 is 0 Å². The van der Waals surface area contributed by atoms with Gasteiger partial charge < -0.3 is 19.9 Å². The van der Waals surface area contributed by atoms with Gasteiger partial charge in [0.2, 0.25) is 5.75 Å². The van der Waals surface area contributed by atoms with Crippen molar-refractivity contribution in [2.45, 2.75) is 19.5 Å². The quantitative estimate of drug-likeness (QED) is 0.779. The number of methoxy groups -OCH3 is 2. The first-order chi connectivity index (χ1) is 9.26. The van der Waals surface area contributed by atoms with E-state index in [-0.39, 0.29) is 17.5 Å². The molecule has 0 fully saturated rings. The van der Waals surface area contributed by atoms with Gasteiger partial charge >= 0.3 is 0 Å². The molecule has 0 spiro atoms. The number of nitrogens with one attached hydrogen (secondary N) is 1. The monoisotopic (exact) mass is 303 g/mol. The van der Waals surface area contributed by atoms with Gasteiger partial charge in [-0.05, 0) is 24.6 Å². The molecule has 114 valence electrons. The molecule has 0 saturated heterocycles. The van der Waals surface area contributed by atoms with Crippen LogP contribution in [0.5, 0.6) is 17.2 Å². The average Bonchev–Trinajstić information content (AvgIpc) is 2.35. The summed E-state index contributed by atoms with van der Waals surface area (Å²) in [5, 5.41) is 12.9. The van der Waals surface area contributed by atoms with Crippen molar-refractivity contribution in [1.82, 2.24) is 5.32 Å². The van der Waals surface area contributed by atoms with Gasteiger partial charge in [-0.2, -0.15) is 0 Å². The van der Waals surface area contributed by atoms with E-state index in [1.165, 1.54) is 20.5 Å². The minimum atomic E-state index is -3.01. The highest BCUT2D eigenvalue weighted by Crippen LogP contribution is 2.36. The number of phenolic OH excluding ortho intramolecular Hbond substituents is 1. The normalized spacial score (nSPS) is 13.0. The molecule has 0 heterocycles. The Hall–Kier alpha value is -1.47. The van der Waals surface area contributed by atoms with Gasteiger partial charge in [0.1, 0.15) is 9.84 Å². The minimum absolute atomic E-state index is 0.0528. The molecule has 0 aliphatic rings. The van der Waals surface area contributed by atoms with Crippen LogP contribution in [-0.2, 0) is 16.4 Å². The second-order valence-corrected chi connectivity index (χ2v) is 6.91. The summed E-state index contributed by atoms with van der Waals surface area (Å²) in [4.78, 5) is 0. The maximum atomic E-state index is 11.2. The first kappa shape index (κ1) is 16.6. The zero-order valence-corrected chi connectivity index (χ0v) is 13.0. The van der Waals surface area contributed by atoms with Crippen LogP contribution < -0.4 is 14.8 Å². The Labute approximate surface area is 119 Å². The van der Waals surface area contributed by atoms with Crippen LogP contribution in [0, 0.1) is 0 Å². The molecule has 0 amide bonds. The van der Waals surface area contributed by atoms with Gasteiger partial charge in [-0.25, -0.2) is 8.42 Å². The lowest BCUT2D eigenvalue weighted by molar-refractivity contribution is 0.339. The van der Waals surface area contributed by atoms with Gasteiger partial charge in [-0.15, -0.1) is 0 Å². The van der Waals surface area contributed by atoms with Crippen molar-refractivity contribution >= 4 is 9.84 Å². The first-order valence-corrected chi connectivity index (χ1v) is 8.18. The smallest absolute Gasteiger partial charge is 0.200 e. The van der Waals surface area contributed by atoms with Crippen molar-refractivity contribution in [3.8, 4) is 17.2 Å². The fraction of sp³-hybridized carbons (Fsp3) is 0.538. The maximum absolute atomic E-state index is 11.2. The molecule has 20 heavy (non-hydrogen) atoms. The molecule has 0 bridgehead atoms. The van der Waals surface area contributed by atoms with Gasteiger partial charge in [-0.3, -0.25) is 0 Å². The Morgan fingerprint density at radius 2 is 1.75 bits per heavy atom. The lowest BCUT2D eigenvalue weighted by Crippen LogP contribution is -2.32. The second-order valence-electron chi connectivity index (χ2n) is 4.72. The molecule has 0 aliphatic heterocycles. The number of rotatable bonds is 7. The molecule has 0 saturated carbocycles. The predicted molar refractivity (Wildman–Crippen MR) is 77.2 cm³/mol. The highest BCUT2D eigenvalue weighted by molar-refractivity contribution is 7.90. The number of ether oxygens (including phenoxy) is 2. The molecule has 0 aromatic heterocycles. The Morgan fingerprint density at radius 3 is 2.15 bits per heavy atom. The summed E-state index contributed by atoms with van der Waals surface area (Å²) in [5.41, 5.74) is 0.830. The lowest BCUT2D eigenvalue weighted by atomic mass is 10.1.